The Balaban J connectivity index is 2.19. The Morgan fingerprint density at radius 1 is 1.10 bits per heavy atom. The van der Waals surface area contributed by atoms with E-state index in [4.69, 9.17) is 4.74 Å². The van der Waals surface area contributed by atoms with E-state index < -0.39 is 6.10 Å². The fourth-order valence-electron chi connectivity index (χ4n) is 1.97. The number of aliphatic hydroxyl groups is 1. The van der Waals surface area contributed by atoms with Crippen LogP contribution in [0.4, 0.5) is 0 Å². The molecule has 0 aliphatic rings. The second-order valence-electron chi connectivity index (χ2n) is 4.56. The van der Waals surface area contributed by atoms with E-state index >= 15 is 0 Å². The van der Waals surface area contributed by atoms with Gasteiger partial charge in [0, 0.05) is 5.33 Å². The molecule has 2 aromatic rings. The molecule has 21 heavy (non-hydrogen) atoms. The maximum absolute atomic E-state index is 12.5. The zero-order valence-corrected chi connectivity index (χ0v) is 13.1. The molecule has 4 heteroatoms. The number of ether oxygens (including phenoxy) is 1. The molecule has 0 radical (unpaired) electrons. The fourth-order valence-corrected chi connectivity index (χ4v) is 2.20. The minimum absolute atomic E-state index is 0.351. The summed E-state index contributed by atoms with van der Waals surface area (Å²) in [5.74, 6) is 0.161. The number of para-hydroxylation sites is 1. The monoisotopic (exact) mass is 348 g/mol. The predicted molar refractivity (Wildman–Crippen MR) is 86.1 cm³/mol. The van der Waals surface area contributed by atoms with Crippen LogP contribution in [-0.4, -0.2) is 22.8 Å². The molecule has 0 aromatic heterocycles. The van der Waals surface area contributed by atoms with Crippen LogP contribution >= 0.6 is 15.9 Å². The Hall–Kier alpha value is -1.65. The molecule has 0 aliphatic carbocycles. The first-order chi connectivity index (χ1) is 10.2. The van der Waals surface area contributed by atoms with Crippen molar-refractivity contribution in [2.24, 2.45) is 0 Å². The van der Waals surface area contributed by atoms with Crippen molar-refractivity contribution in [2.75, 3.05) is 11.9 Å². The van der Waals surface area contributed by atoms with Crippen LogP contribution in [0, 0.1) is 0 Å². The Morgan fingerprint density at radius 3 is 2.48 bits per heavy atom. The van der Waals surface area contributed by atoms with E-state index in [1.807, 2.05) is 12.1 Å². The van der Waals surface area contributed by atoms with Gasteiger partial charge in [0.05, 0.1) is 12.2 Å². The number of rotatable bonds is 7. The third-order valence-corrected chi connectivity index (χ3v) is 3.61. The van der Waals surface area contributed by atoms with Crippen LogP contribution < -0.4 is 4.74 Å². The molecule has 0 bridgehead atoms. The Morgan fingerprint density at radius 2 is 1.76 bits per heavy atom. The molecular formula is C17H17BrO3. The van der Waals surface area contributed by atoms with E-state index in [-0.39, 0.29) is 5.78 Å². The highest BCUT2D eigenvalue weighted by Gasteiger charge is 2.22. The summed E-state index contributed by atoms with van der Waals surface area (Å²) in [4.78, 5) is 12.5. The molecule has 0 saturated carbocycles. The summed E-state index contributed by atoms with van der Waals surface area (Å²) < 4.78 is 5.62. The largest absolute Gasteiger partial charge is 0.493 e. The second-order valence-corrected chi connectivity index (χ2v) is 5.36. The lowest BCUT2D eigenvalue weighted by atomic mass is 9.99. The van der Waals surface area contributed by atoms with Gasteiger partial charge in [0.2, 0.25) is 0 Å². The van der Waals surface area contributed by atoms with E-state index in [9.17, 15) is 9.90 Å². The number of hydrogen-bond acceptors (Lipinski definition) is 3. The maximum Gasteiger partial charge on any atom is 0.199 e. The lowest BCUT2D eigenvalue weighted by molar-refractivity contribution is 0.0743. The number of alkyl halides is 1. The first kappa shape index (κ1) is 15.7. The van der Waals surface area contributed by atoms with Gasteiger partial charge in [-0.2, -0.15) is 0 Å². The minimum atomic E-state index is -1.17. The SMILES string of the molecule is O=C(c1ccccc1OCCCBr)C(O)c1ccccc1. The summed E-state index contributed by atoms with van der Waals surface area (Å²) in [6, 6.07) is 15.9. The van der Waals surface area contributed by atoms with Crippen molar-refractivity contribution in [1.29, 1.82) is 0 Å². The molecule has 0 heterocycles. The quantitative estimate of drug-likeness (QED) is 0.470. The van der Waals surface area contributed by atoms with Crippen LogP contribution in [0.5, 0.6) is 5.75 Å². The second kappa shape index (κ2) is 7.96. The van der Waals surface area contributed by atoms with Crippen molar-refractivity contribution in [3.63, 3.8) is 0 Å². The van der Waals surface area contributed by atoms with Crippen molar-refractivity contribution in [1.82, 2.24) is 0 Å². The maximum atomic E-state index is 12.5. The molecule has 0 saturated heterocycles. The normalized spacial score (nSPS) is 11.9. The lowest BCUT2D eigenvalue weighted by Crippen LogP contribution is -2.14. The Labute approximate surface area is 132 Å². The lowest BCUT2D eigenvalue weighted by Gasteiger charge is -2.14. The van der Waals surface area contributed by atoms with Crippen molar-refractivity contribution >= 4 is 21.7 Å². The number of hydrogen-bond donors (Lipinski definition) is 1. The van der Waals surface area contributed by atoms with Gasteiger partial charge in [0.25, 0.3) is 0 Å². The zero-order chi connectivity index (χ0) is 15.1. The molecule has 0 aliphatic heterocycles. The Kier molecular flexibility index (Phi) is 5.96. The van der Waals surface area contributed by atoms with Gasteiger partial charge >= 0.3 is 0 Å². The van der Waals surface area contributed by atoms with Crippen molar-refractivity contribution in [3.05, 3.63) is 65.7 Å². The van der Waals surface area contributed by atoms with Gasteiger partial charge in [-0.05, 0) is 24.1 Å². The number of ketones is 1. The smallest absolute Gasteiger partial charge is 0.199 e. The number of benzene rings is 2. The van der Waals surface area contributed by atoms with E-state index in [0.29, 0.717) is 23.5 Å². The first-order valence-electron chi connectivity index (χ1n) is 6.79. The highest BCUT2D eigenvalue weighted by molar-refractivity contribution is 9.09. The molecule has 110 valence electrons. The topological polar surface area (TPSA) is 46.5 Å². The summed E-state index contributed by atoms with van der Waals surface area (Å²) in [6.07, 6.45) is -0.323. The van der Waals surface area contributed by atoms with Gasteiger partial charge in [0.1, 0.15) is 11.9 Å². The van der Waals surface area contributed by atoms with Crippen molar-refractivity contribution in [2.45, 2.75) is 12.5 Å². The average molecular weight is 349 g/mol. The highest BCUT2D eigenvalue weighted by Crippen LogP contribution is 2.25. The molecule has 2 aromatic carbocycles. The highest BCUT2D eigenvalue weighted by atomic mass is 79.9. The van der Waals surface area contributed by atoms with Crippen LogP contribution in [0.1, 0.15) is 28.4 Å². The molecule has 2 rings (SSSR count). The number of halogens is 1. The summed E-state index contributed by atoms with van der Waals surface area (Å²) in [5.41, 5.74) is 0.987. The van der Waals surface area contributed by atoms with E-state index in [0.717, 1.165) is 11.8 Å². The van der Waals surface area contributed by atoms with E-state index in [1.54, 1.807) is 42.5 Å². The van der Waals surface area contributed by atoms with Crippen LogP contribution in [0.3, 0.4) is 0 Å². The number of aliphatic hydroxyl groups excluding tert-OH is 1. The summed E-state index contributed by atoms with van der Waals surface area (Å²) >= 11 is 3.34. The number of Topliss-reactive ketones (excluding diaryl/α,β-unsaturated/α-hetero) is 1. The molecule has 0 amide bonds. The molecule has 3 nitrogen and oxygen atoms in total. The van der Waals surface area contributed by atoms with Crippen LogP contribution in [0.15, 0.2) is 54.6 Å². The number of carbonyl (C=O) groups is 1. The van der Waals surface area contributed by atoms with Gasteiger partial charge in [-0.1, -0.05) is 58.4 Å². The zero-order valence-electron chi connectivity index (χ0n) is 11.5. The van der Waals surface area contributed by atoms with Gasteiger partial charge in [0.15, 0.2) is 5.78 Å². The van der Waals surface area contributed by atoms with Gasteiger partial charge in [-0.15, -0.1) is 0 Å². The molecular weight excluding hydrogens is 332 g/mol. The predicted octanol–water partition coefficient (Wildman–Crippen LogP) is 3.77. The van der Waals surface area contributed by atoms with Crippen molar-refractivity contribution < 1.29 is 14.6 Å². The molecule has 1 unspecified atom stereocenters. The van der Waals surface area contributed by atoms with E-state index in [1.165, 1.54) is 0 Å². The van der Waals surface area contributed by atoms with Gasteiger partial charge < -0.3 is 9.84 Å². The van der Waals surface area contributed by atoms with Gasteiger partial charge in [-0.3, -0.25) is 4.79 Å². The molecule has 1 N–H and O–H groups in total. The minimum Gasteiger partial charge on any atom is -0.493 e. The summed E-state index contributed by atoms with van der Waals surface area (Å²) in [6.45, 7) is 0.525. The first-order valence-corrected chi connectivity index (χ1v) is 7.91. The third-order valence-electron chi connectivity index (χ3n) is 3.05. The molecule has 0 spiro atoms. The Bertz CT molecular complexity index is 584. The fraction of sp³-hybridized carbons (Fsp3) is 0.235. The van der Waals surface area contributed by atoms with Crippen molar-refractivity contribution in [3.8, 4) is 5.75 Å². The summed E-state index contributed by atoms with van der Waals surface area (Å²) in [5, 5.41) is 11.1. The van der Waals surface area contributed by atoms with Crippen LogP contribution in [-0.2, 0) is 0 Å². The summed E-state index contributed by atoms with van der Waals surface area (Å²) in [7, 11) is 0. The average Bonchev–Trinajstić information content (AvgIpc) is 2.55. The standard InChI is InChI=1S/C17H17BrO3/c18-11-6-12-21-15-10-5-4-9-14(15)17(20)16(19)13-7-2-1-3-8-13/h1-5,7-10,16,19H,6,11-12H2. The van der Waals surface area contributed by atoms with E-state index in [2.05, 4.69) is 15.9 Å². The third kappa shape index (κ3) is 4.16. The number of carbonyl (C=O) groups excluding carboxylic acids is 1. The van der Waals surface area contributed by atoms with Crippen LogP contribution in [0.25, 0.3) is 0 Å². The molecule has 0 fully saturated rings. The van der Waals surface area contributed by atoms with Gasteiger partial charge in [-0.25, -0.2) is 0 Å². The van der Waals surface area contributed by atoms with Crippen LogP contribution in [0.2, 0.25) is 0 Å². The molecule has 1 atom stereocenters.